The predicted octanol–water partition coefficient (Wildman–Crippen LogP) is 4.28. The molecule has 7 heteroatoms. The molecule has 0 fully saturated rings. The largest absolute Gasteiger partial charge is 0.493 e. The maximum Gasteiger partial charge on any atom is 0.229 e. The van der Waals surface area contributed by atoms with Crippen LogP contribution in [0.2, 0.25) is 5.02 Å². The summed E-state index contributed by atoms with van der Waals surface area (Å²) in [7, 11) is 0. The molecule has 1 aromatic heterocycles. The number of amides is 1. The molecule has 0 aliphatic carbocycles. The van der Waals surface area contributed by atoms with Gasteiger partial charge in [-0.05, 0) is 48.5 Å². The standard InChI is InChI=1S/C19H17ClN4O2/c20-14-6-8-15(9-7-14)21-17-10-11-18(24-23-17)22-19(25)12-13-26-16-4-2-1-3-5-16/h1-11H,12-13H2,(H,21,23)(H,22,24,25). The highest BCUT2D eigenvalue weighted by atomic mass is 35.5. The molecule has 0 aliphatic heterocycles. The predicted molar refractivity (Wildman–Crippen MR) is 102 cm³/mol. The van der Waals surface area contributed by atoms with Crippen LogP contribution in [0, 0.1) is 0 Å². The van der Waals surface area contributed by atoms with Crippen LogP contribution in [-0.2, 0) is 4.79 Å². The van der Waals surface area contributed by atoms with Crippen LogP contribution in [0.25, 0.3) is 0 Å². The number of hydrogen-bond donors (Lipinski definition) is 2. The van der Waals surface area contributed by atoms with Crippen LogP contribution in [0.4, 0.5) is 17.3 Å². The fraction of sp³-hybridized carbons (Fsp3) is 0.105. The molecule has 6 nitrogen and oxygen atoms in total. The van der Waals surface area contributed by atoms with Crippen LogP contribution >= 0.6 is 11.6 Å². The first-order valence-electron chi connectivity index (χ1n) is 8.03. The molecule has 26 heavy (non-hydrogen) atoms. The molecular formula is C19H17ClN4O2. The van der Waals surface area contributed by atoms with Gasteiger partial charge in [-0.2, -0.15) is 0 Å². The van der Waals surface area contributed by atoms with E-state index in [0.29, 0.717) is 23.3 Å². The lowest BCUT2D eigenvalue weighted by atomic mass is 10.3. The van der Waals surface area contributed by atoms with Gasteiger partial charge in [0.25, 0.3) is 0 Å². The first-order chi connectivity index (χ1) is 12.7. The summed E-state index contributed by atoms with van der Waals surface area (Å²) in [4.78, 5) is 11.9. The van der Waals surface area contributed by atoms with Gasteiger partial charge in [0.05, 0.1) is 13.0 Å². The first kappa shape index (κ1) is 17.7. The number of nitrogens with one attached hydrogen (secondary N) is 2. The number of aromatic nitrogens is 2. The van der Waals surface area contributed by atoms with E-state index < -0.39 is 0 Å². The second kappa shape index (κ2) is 8.82. The molecule has 2 aromatic carbocycles. The first-order valence-corrected chi connectivity index (χ1v) is 8.41. The lowest BCUT2D eigenvalue weighted by molar-refractivity contribution is -0.116. The summed E-state index contributed by atoms with van der Waals surface area (Å²) in [6.45, 7) is 0.291. The number of carbonyl (C=O) groups excluding carboxylic acids is 1. The monoisotopic (exact) mass is 368 g/mol. The van der Waals surface area contributed by atoms with Crippen LogP contribution in [0.3, 0.4) is 0 Å². The molecule has 0 atom stereocenters. The number of nitrogens with zero attached hydrogens (tertiary/aromatic N) is 2. The highest BCUT2D eigenvalue weighted by molar-refractivity contribution is 6.30. The van der Waals surface area contributed by atoms with Crippen molar-refractivity contribution >= 4 is 34.8 Å². The molecule has 2 N–H and O–H groups in total. The number of hydrogen-bond acceptors (Lipinski definition) is 5. The van der Waals surface area contributed by atoms with Gasteiger partial charge in [-0.15, -0.1) is 10.2 Å². The van der Waals surface area contributed by atoms with Crippen molar-refractivity contribution < 1.29 is 9.53 Å². The number of para-hydroxylation sites is 1. The molecular weight excluding hydrogens is 352 g/mol. The zero-order chi connectivity index (χ0) is 18.2. The Hall–Kier alpha value is -3.12. The fourth-order valence-corrected chi connectivity index (χ4v) is 2.26. The smallest absolute Gasteiger partial charge is 0.229 e. The number of carbonyl (C=O) groups is 1. The van der Waals surface area contributed by atoms with Crippen molar-refractivity contribution in [3.05, 3.63) is 71.8 Å². The van der Waals surface area contributed by atoms with E-state index in [1.54, 1.807) is 24.3 Å². The highest BCUT2D eigenvalue weighted by Crippen LogP contribution is 2.17. The van der Waals surface area contributed by atoms with Crippen molar-refractivity contribution in [2.24, 2.45) is 0 Å². The van der Waals surface area contributed by atoms with Gasteiger partial charge >= 0.3 is 0 Å². The van der Waals surface area contributed by atoms with E-state index >= 15 is 0 Å². The topological polar surface area (TPSA) is 76.1 Å². The van der Waals surface area contributed by atoms with E-state index in [2.05, 4.69) is 20.8 Å². The molecule has 0 saturated heterocycles. The molecule has 132 valence electrons. The Kier molecular flexibility index (Phi) is 6.01. The summed E-state index contributed by atoms with van der Waals surface area (Å²) in [5, 5.41) is 14.5. The molecule has 0 saturated carbocycles. The second-order valence-electron chi connectivity index (χ2n) is 5.40. The average molecular weight is 369 g/mol. The Morgan fingerprint density at radius 1 is 0.923 bits per heavy atom. The van der Waals surface area contributed by atoms with Gasteiger partial charge in [-0.3, -0.25) is 4.79 Å². The summed E-state index contributed by atoms with van der Waals surface area (Å²) in [5.41, 5.74) is 0.846. The summed E-state index contributed by atoms with van der Waals surface area (Å²) in [5.74, 6) is 1.50. The van der Waals surface area contributed by atoms with Crippen LogP contribution in [0.1, 0.15) is 6.42 Å². The Balaban J connectivity index is 1.46. The van der Waals surface area contributed by atoms with Crippen LogP contribution < -0.4 is 15.4 Å². The minimum atomic E-state index is -0.186. The SMILES string of the molecule is O=C(CCOc1ccccc1)Nc1ccc(Nc2ccc(Cl)cc2)nn1. The zero-order valence-corrected chi connectivity index (χ0v) is 14.6. The molecule has 3 aromatic rings. The van der Waals surface area contributed by atoms with Gasteiger partial charge in [0.15, 0.2) is 11.6 Å². The van der Waals surface area contributed by atoms with Crippen molar-refractivity contribution in [3.63, 3.8) is 0 Å². The Morgan fingerprint density at radius 2 is 1.62 bits per heavy atom. The minimum absolute atomic E-state index is 0.186. The summed E-state index contributed by atoms with van der Waals surface area (Å²) in [6.07, 6.45) is 0.224. The number of benzene rings is 2. The fourth-order valence-electron chi connectivity index (χ4n) is 2.13. The molecule has 1 heterocycles. The molecule has 3 rings (SSSR count). The van der Waals surface area contributed by atoms with E-state index in [1.807, 2.05) is 42.5 Å². The quantitative estimate of drug-likeness (QED) is 0.651. The zero-order valence-electron chi connectivity index (χ0n) is 13.9. The van der Waals surface area contributed by atoms with Crippen molar-refractivity contribution in [1.82, 2.24) is 10.2 Å². The van der Waals surface area contributed by atoms with Crippen molar-refractivity contribution in [2.75, 3.05) is 17.2 Å². The normalized spacial score (nSPS) is 10.2. The van der Waals surface area contributed by atoms with E-state index in [-0.39, 0.29) is 12.3 Å². The maximum atomic E-state index is 11.9. The van der Waals surface area contributed by atoms with Gasteiger partial charge in [0.2, 0.25) is 5.91 Å². The van der Waals surface area contributed by atoms with Gasteiger partial charge in [0.1, 0.15) is 5.75 Å². The molecule has 0 bridgehead atoms. The Labute approximate surface area is 156 Å². The third-order valence-corrected chi connectivity index (χ3v) is 3.64. The average Bonchev–Trinajstić information content (AvgIpc) is 2.66. The number of halogens is 1. The molecule has 0 radical (unpaired) electrons. The third kappa shape index (κ3) is 5.46. The van der Waals surface area contributed by atoms with Crippen molar-refractivity contribution in [1.29, 1.82) is 0 Å². The summed E-state index contributed by atoms with van der Waals surface area (Å²) >= 11 is 5.85. The minimum Gasteiger partial charge on any atom is -0.493 e. The molecule has 0 spiro atoms. The van der Waals surface area contributed by atoms with Gasteiger partial charge in [-0.1, -0.05) is 29.8 Å². The van der Waals surface area contributed by atoms with E-state index in [0.717, 1.165) is 11.4 Å². The van der Waals surface area contributed by atoms with Crippen molar-refractivity contribution in [2.45, 2.75) is 6.42 Å². The summed E-state index contributed by atoms with van der Waals surface area (Å²) < 4.78 is 5.49. The number of ether oxygens (including phenoxy) is 1. The van der Waals surface area contributed by atoms with Crippen LogP contribution in [0.15, 0.2) is 66.7 Å². The maximum absolute atomic E-state index is 11.9. The number of rotatable bonds is 7. The van der Waals surface area contributed by atoms with Crippen LogP contribution in [-0.4, -0.2) is 22.7 Å². The van der Waals surface area contributed by atoms with Gasteiger partial charge in [-0.25, -0.2) is 0 Å². The van der Waals surface area contributed by atoms with E-state index in [1.165, 1.54) is 0 Å². The lowest BCUT2D eigenvalue weighted by Gasteiger charge is -2.08. The third-order valence-electron chi connectivity index (χ3n) is 3.39. The summed E-state index contributed by atoms with van der Waals surface area (Å²) in [6, 6.07) is 20.0. The Bertz CT molecular complexity index is 840. The van der Waals surface area contributed by atoms with Gasteiger partial charge in [0, 0.05) is 10.7 Å². The lowest BCUT2D eigenvalue weighted by Crippen LogP contribution is -2.16. The molecule has 0 unspecified atom stereocenters. The van der Waals surface area contributed by atoms with E-state index in [9.17, 15) is 4.79 Å². The Morgan fingerprint density at radius 3 is 2.31 bits per heavy atom. The van der Waals surface area contributed by atoms with Gasteiger partial charge < -0.3 is 15.4 Å². The molecule has 1 amide bonds. The second-order valence-corrected chi connectivity index (χ2v) is 5.83. The highest BCUT2D eigenvalue weighted by Gasteiger charge is 2.05. The van der Waals surface area contributed by atoms with Crippen molar-refractivity contribution in [3.8, 4) is 5.75 Å². The van der Waals surface area contributed by atoms with Crippen LogP contribution in [0.5, 0.6) is 5.75 Å². The van der Waals surface area contributed by atoms with E-state index in [4.69, 9.17) is 16.3 Å². The molecule has 0 aliphatic rings. The number of anilines is 3.